The van der Waals surface area contributed by atoms with Gasteiger partial charge in [0, 0.05) is 0 Å². The van der Waals surface area contributed by atoms with Crippen LogP contribution in [0.4, 0.5) is 11.4 Å². The number of carbonyl (C=O) groups excluding carboxylic acids is 1. The Kier molecular flexibility index (Phi) is 5.04. The van der Waals surface area contributed by atoms with Crippen molar-refractivity contribution in [2.24, 2.45) is 0 Å². The number of nitrogens with one attached hydrogen (secondary N) is 2. The van der Waals surface area contributed by atoms with Gasteiger partial charge in [-0.2, -0.15) is 5.26 Å². The lowest BCUT2D eigenvalue weighted by Crippen LogP contribution is -2.22. The smallest absolute Gasteiger partial charge is 0.243 e. The summed E-state index contributed by atoms with van der Waals surface area (Å²) in [4.78, 5) is 11.9. The van der Waals surface area contributed by atoms with Crippen LogP contribution < -0.4 is 10.6 Å². The molecule has 0 unspecified atom stereocenters. The highest BCUT2D eigenvalue weighted by Crippen LogP contribution is 2.23. The van der Waals surface area contributed by atoms with Gasteiger partial charge in [-0.3, -0.25) is 4.79 Å². The molecule has 0 fully saturated rings. The van der Waals surface area contributed by atoms with E-state index in [2.05, 4.69) is 10.6 Å². The maximum atomic E-state index is 11.9. The number of rotatable bonds is 4. The molecule has 106 valence electrons. The molecule has 0 aliphatic rings. The molecule has 2 rings (SSSR count). The fourth-order valence-electron chi connectivity index (χ4n) is 1.66. The lowest BCUT2D eigenvalue weighted by Gasteiger charge is -2.10. The molecule has 4 nitrogen and oxygen atoms in total. The molecular weight excluding hydrogens is 309 g/mol. The molecule has 0 heterocycles. The first kappa shape index (κ1) is 15.2. The van der Waals surface area contributed by atoms with Crippen LogP contribution in [0, 0.1) is 11.3 Å². The number of para-hydroxylation sites is 1. The Morgan fingerprint density at radius 2 is 1.81 bits per heavy atom. The Hall–Kier alpha value is -2.22. The zero-order valence-electron chi connectivity index (χ0n) is 10.9. The van der Waals surface area contributed by atoms with Gasteiger partial charge in [0.05, 0.1) is 39.6 Å². The molecule has 0 saturated carbocycles. The van der Waals surface area contributed by atoms with Gasteiger partial charge in [0.1, 0.15) is 0 Å². The van der Waals surface area contributed by atoms with Crippen LogP contribution in [0.2, 0.25) is 10.0 Å². The van der Waals surface area contributed by atoms with Gasteiger partial charge in [-0.05, 0) is 30.3 Å². The Balaban J connectivity index is 1.99. The maximum absolute atomic E-state index is 11.9. The minimum Gasteiger partial charge on any atom is -0.375 e. The van der Waals surface area contributed by atoms with Gasteiger partial charge < -0.3 is 10.6 Å². The van der Waals surface area contributed by atoms with Gasteiger partial charge >= 0.3 is 0 Å². The molecule has 0 aliphatic heterocycles. The van der Waals surface area contributed by atoms with E-state index in [0.29, 0.717) is 27.0 Å². The zero-order valence-corrected chi connectivity index (χ0v) is 12.4. The first-order valence-corrected chi connectivity index (χ1v) is 6.83. The van der Waals surface area contributed by atoms with Crippen LogP contribution in [-0.2, 0) is 4.79 Å². The van der Waals surface area contributed by atoms with E-state index in [1.165, 1.54) is 0 Å². The summed E-state index contributed by atoms with van der Waals surface area (Å²) >= 11 is 12.0. The number of anilines is 2. The summed E-state index contributed by atoms with van der Waals surface area (Å²) in [5, 5.41) is 15.3. The average molecular weight is 320 g/mol. The van der Waals surface area contributed by atoms with Gasteiger partial charge in [-0.15, -0.1) is 0 Å². The van der Waals surface area contributed by atoms with Crippen molar-refractivity contribution in [1.29, 1.82) is 5.26 Å². The Bertz CT molecular complexity index is 710. The van der Waals surface area contributed by atoms with Gasteiger partial charge in [0.25, 0.3) is 0 Å². The zero-order chi connectivity index (χ0) is 15.2. The van der Waals surface area contributed by atoms with Crippen LogP contribution in [0.1, 0.15) is 5.56 Å². The molecule has 0 atom stereocenters. The van der Waals surface area contributed by atoms with Crippen molar-refractivity contribution in [1.82, 2.24) is 0 Å². The fraction of sp³-hybridized carbons (Fsp3) is 0.0667. The van der Waals surface area contributed by atoms with Gasteiger partial charge in [-0.25, -0.2) is 0 Å². The highest BCUT2D eigenvalue weighted by molar-refractivity contribution is 6.34. The predicted molar refractivity (Wildman–Crippen MR) is 84.7 cm³/mol. The Morgan fingerprint density at radius 1 is 1.10 bits per heavy atom. The maximum Gasteiger partial charge on any atom is 0.243 e. The minimum absolute atomic E-state index is 0.0137. The molecule has 2 N–H and O–H groups in total. The van der Waals surface area contributed by atoms with Crippen molar-refractivity contribution >= 4 is 40.5 Å². The largest absolute Gasteiger partial charge is 0.375 e. The summed E-state index contributed by atoms with van der Waals surface area (Å²) < 4.78 is 0. The number of halogens is 2. The van der Waals surface area contributed by atoms with E-state index in [0.717, 1.165) is 0 Å². The second kappa shape index (κ2) is 6.98. The van der Waals surface area contributed by atoms with Crippen LogP contribution >= 0.6 is 23.2 Å². The van der Waals surface area contributed by atoms with Crippen LogP contribution in [-0.4, -0.2) is 12.5 Å². The molecule has 0 aromatic heterocycles. The molecule has 21 heavy (non-hydrogen) atoms. The van der Waals surface area contributed by atoms with Crippen molar-refractivity contribution in [2.75, 3.05) is 17.2 Å². The second-order valence-electron chi connectivity index (χ2n) is 4.19. The summed E-state index contributed by atoms with van der Waals surface area (Å²) in [6.45, 7) is 0.0137. The third kappa shape index (κ3) is 4.12. The predicted octanol–water partition coefficient (Wildman–Crippen LogP) is 3.92. The number of hydrogen-bond acceptors (Lipinski definition) is 3. The number of carbonyl (C=O) groups is 1. The monoisotopic (exact) mass is 319 g/mol. The molecule has 0 radical (unpaired) electrons. The molecule has 0 bridgehead atoms. The van der Waals surface area contributed by atoms with Gasteiger partial charge in [0.2, 0.25) is 5.91 Å². The third-order valence-electron chi connectivity index (χ3n) is 2.68. The number of hydrogen-bond donors (Lipinski definition) is 2. The molecule has 6 heteroatoms. The number of amides is 1. The Labute approximate surface area is 132 Å². The van der Waals surface area contributed by atoms with Crippen molar-refractivity contribution in [2.45, 2.75) is 0 Å². The highest BCUT2D eigenvalue weighted by Gasteiger charge is 2.07. The normalized spacial score (nSPS) is 9.76. The molecule has 2 aromatic carbocycles. The van der Waals surface area contributed by atoms with E-state index in [1.54, 1.807) is 42.5 Å². The quantitative estimate of drug-likeness (QED) is 0.897. The molecule has 2 aromatic rings. The average Bonchev–Trinajstić information content (AvgIpc) is 2.49. The fourth-order valence-corrected chi connectivity index (χ4v) is 2.03. The summed E-state index contributed by atoms with van der Waals surface area (Å²) in [5.74, 6) is -0.262. The third-order valence-corrected chi connectivity index (χ3v) is 3.34. The highest BCUT2D eigenvalue weighted by atomic mass is 35.5. The van der Waals surface area contributed by atoms with Gasteiger partial charge in [-0.1, -0.05) is 35.3 Å². The summed E-state index contributed by atoms with van der Waals surface area (Å²) in [5.41, 5.74) is 1.54. The van der Waals surface area contributed by atoms with E-state index in [-0.39, 0.29) is 12.5 Å². The molecule has 0 spiro atoms. The van der Waals surface area contributed by atoms with Crippen molar-refractivity contribution in [3.8, 4) is 6.07 Å². The van der Waals surface area contributed by atoms with E-state index in [4.69, 9.17) is 28.5 Å². The van der Waals surface area contributed by atoms with E-state index in [1.807, 2.05) is 6.07 Å². The molecule has 0 saturated heterocycles. The van der Waals surface area contributed by atoms with E-state index < -0.39 is 0 Å². The molecular formula is C15H11Cl2N3O. The SMILES string of the molecule is N#Cc1ccc(Cl)c(NCC(=O)Nc2ccccc2Cl)c1. The second-order valence-corrected chi connectivity index (χ2v) is 5.00. The molecule has 0 aliphatic carbocycles. The first-order chi connectivity index (χ1) is 10.1. The standard InChI is InChI=1S/C15H11Cl2N3O/c16-11-3-1-2-4-13(11)20-15(21)9-19-14-7-10(8-18)5-6-12(14)17/h1-7,19H,9H2,(H,20,21). The van der Waals surface area contributed by atoms with Crippen molar-refractivity contribution < 1.29 is 4.79 Å². The van der Waals surface area contributed by atoms with Crippen LogP contribution in [0.25, 0.3) is 0 Å². The van der Waals surface area contributed by atoms with Crippen LogP contribution in [0.3, 0.4) is 0 Å². The van der Waals surface area contributed by atoms with E-state index in [9.17, 15) is 4.79 Å². The minimum atomic E-state index is -0.262. The number of benzene rings is 2. The number of nitrogens with zero attached hydrogens (tertiary/aromatic N) is 1. The Morgan fingerprint density at radius 3 is 2.52 bits per heavy atom. The molecule has 1 amide bonds. The van der Waals surface area contributed by atoms with Crippen LogP contribution in [0.5, 0.6) is 0 Å². The summed E-state index contributed by atoms with van der Waals surface area (Å²) in [7, 11) is 0. The number of nitriles is 1. The summed E-state index contributed by atoms with van der Waals surface area (Å²) in [6.07, 6.45) is 0. The van der Waals surface area contributed by atoms with E-state index >= 15 is 0 Å². The van der Waals surface area contributed by atoms with Crippen molar-refractivity contribution in [3.05, 3.63) is 58.1 Å². The van der Waals surface area contributed by atoms with Gasteiger partial charge in [0.15, 0.2) is 0 Å². The lowest BCUT2D eigenvalue weighted by molar-refractivity contribution is -0.114. The topological polar surface area (TPSA) is 64.9 Å². The van der Waals surface area contributed by atoms with Crippen LogP contribution in [0.15, 0.2) is 42.5 Å². The first-order valence-electron chi connectivity index (χ1n) is 6.08. The summed E-state index contributed by atoms with van der Waals surface area (Å²) in [6, 6.07) is 13.8. The lowest BCUT2D eigenvalue weighted by atomic mass is 10.2. The van der Waals surface area contributed by atoms with Crippen molar-refractivity contribution in [3.63, 3.8) is 0 Å².